The van der Waals surface area contributed by atoms with Crippen LogP contribution in [0.2, 0.25) is 0 Å². The van der Waals surface area contributed by atoms with Gasteiger partial charge in [-0.2, -0.15) is 0 Å². The van der Waals surface area contributed by atoms with Gasteiger partial charge in [0.25, 0.3) is 0 Å². The van der Waals surface area contributed by atoms with E-state index < -0.39 is 0 Å². The van der Waals surface area contributed by atoms with Gasteiger partial charge in [-0.15, -0.1) is 13.2 Å². The van der Waals surface area contributed by atoms with E-state index in [1.54, 1.807) is 19.1 Å². The maximum absolute atomic E-state index is 11.2. The standard InChI is InChI=1S/C11H16O2/c1-5-7-10(8-6-2)9(3)11(12)13-4/h5-6H,1-2,7-8H2,3-4H3. The normalized spacial score (nSPS) is 8.77. The minimum absolute atomic E-state index is 0.279. The highest BCUT2D eigenvalue weighted by Crippen LogP contribution is 2.15. The SMILES string of the molecule is C=CCC(CC=C)=C(C)C(=O)OC. The van der Waals surface area contributed by atoms with Crippen molar-refractivity contribution in [1.82, 2.24) is 0 Å². The van der Waals surface area contributed by atoms with Crippen molar-refractivity contribution in [3.05, 3.63) is 36.5 Å². The summed E-state index contributed by atoms with van der Waals surface area (Å²) >= 11 is 0. The summed E-state index contributed by atoms with van der Waals surface area (Å²) in [7, 11) is 1.38. The molecular formula is C11H16O2. The molecule has 0 aromatic rings. The zero-order chi connectivity index (χ0) is 10.3. The quantitative estimate of drug-likeness (QED) is 0.369. The molecule has 0 aromatic heterocycles. The van der Waals surface area contributed by atoms with Gasteiger partial charge in [-0.3, -0.25) is 0 Å². The Labute approximate surface area is 79.6 Å². The summed E-state index contributed by atoms with van der Waals surface area (Å²) in [5, 5.41) is 0. The monoisotopic (exact) mass is 180 g/mol. The van der Waals surface area contributed by atoms with Crippen LogP contribution in [-0.4, -0.2) is 13.1 Å². The predicted octanol–water partition coefficient (Wildman–Crippen LogP) is 2.63. The van der Waals surface area contributed by atoms with Gasteiger partial charge in [-0.1, -0.05) is 17.7 Å². The average molecular weight is 180 g/mol. The number of esters is 1. The van der Waals surface area contributed by atoms with Crippen molar-refractivity contribution in [1.29, 1.82) is 0 Å². The molecule has 0 aromatic carbocycles. The molecule has 2 heteroatoms. The van der Waals surface area contributed by atoms with E-state index in [1.807, 2.05) is 0 Å². The molecule has 0 saturated heterocycles. The van der Waals surface area contributed by atoms with E-state index in [4.69, 9.17) is 0 Å². The number of hydrogen-bond acceptors (Lipinski definition) is 2. The molecular weight excluding hydrogens is 164 g/mol. The fraction of sp³-hybridized carbons (Fsp3) is 0.364. The summed E-state index contributed by atoms with van der Waals surface area (Å²) in [6, 6.07) is 0. The molecule has 0 saturated carbocycles. The van der Waals surface area contributed by atoms with Gasteiger partial charge < -0.3 is 4.74 Å². The molecule has 0 spiro atoms. The summed E-state index contributed by atoms with van der Waals surface area (Å²) in [5.41, 5.74) is 1.67. The third kappa shape index (κ3) is 3.74. The lowest BCUT2D eigenvalue weighted by Gasteiger charge is -2.06. The smallest absolute Gasteiger partial charge is 0.333 e. The first-order valence-corrected chi connectivity index (χ1v) is 4.16. The molecule has 0 atom stereocenters. The van der Waals surface area contributed by atoms with E-state index in [0.717, 1.165) is 5.57 Å². The van der Waals surface area contributed by atoms with E-state index in [9.17, 15) is 4.79 Å². The minimum Gasteiger partial charge on any atom is -0.466 e. The molecule has 0 unspecified atom stereocenters. The van der Waals surface area contributed by atoms with Crippen LogP contribution >= 0.6 is 0 Å². The topological polar surface area (TPSA) is 26.3 Å². The number of methoxy groups -OCH3 is 1. The van der Waals surface area contributed by atoms with Crippen molar-refractivity contribution >= 4 is 5.97 Å². The first-order chi connectivity index (χ1) is 6.17. The van der Waals surface area contributed by atoms with E-state index in [1.165, 1.54) is 7.11 Å². The molecule has 0 aliphatic carbocycles. The molecule has 13 heavy (non-hydrogen) atoms. The maximum Gasteiger partial charge on any atom is 0.333 e. The second-order valence-electron chi connectivity index (χ2n) is 2.71. The molecule has 0 radical (unpaired) electrons. The summed E-state index contributed by atoms with van der Waals surface area (Å²) in [6.45, 7) is 9.02. The predicted molar refractivity (Wildman–Crippen MR) is 54.3 cm³/mol. The van der Waals surface area contributed by atoms with Gasteiger partial charge in [-0.25, -0.2) is 4.79 Å². The summed E-state index contributed by atoms with van der Waals surface area (Å²) in [4.78, 5) is 11.2. The molecule has 0 rings (SSSR count). The average Bonchev–Trinajstić information content (AvgIpc) is 2.15. The second kappa shape index (κ2) is 6.23. The van der Waals surface area contributed by atoms with Crippen LogP contribution in [0, 0.1) is 0 Å². The fourth-order valence-corrected chi connectivity index (χ4v) is 1.04. The molecule has 72 valence electrons. The third-order valence-corrected chi connectivity index (χ3v) is 1.80. The first kappa shape index (κ1) is 11.7. The van der Waals surface area contributed by atoms with Crippen LogP contribution in [0.15, 0.2) is 36.5 Å². The van der Waals surface area contributed by atoms with Crippen LogP contribution in [0.5, 0.6) is 0 Å². The van der Waals surface area contributed by atoms with Gasteiger partial charge >= 0.3 is 5.97 Å². The summed E-state index contributed by atoms with van der Waals surface area (Å²) in [5.74, 6) is -0.279. The van der Waals surface area contributed by atoms with E-state index in [2.05, 4.69) is 17.9 Å². The Morgan fingerprint density at radius 3 is 2.08 bits per heavy atom. The van der Waals surface area contributed by atoms with E-state index in [0.29, 0.717) is 18.4 Å². The van der Waals surface area contributed by atoms with Crippen molar-refractivity contribution in [2.45, 2.75) is 19.8 Å². The van der Waals surface area contributed by atoms with Crippen molar-refractivity contribution in [2.75, 3.05) is 7.11 Å². The molecule has 0 aliphatic heterocycles. The number of ether oxygens (including phenoxy) is 1. The van der Waals surface area contributed by atoms with Gasteiger partial charge in [0, 0.05) is 5.57 Å². The lowest BCUT2D eigenvalue weighted by Crippen LogP contribution is -2.04. The fourth-order valence-electron chi connectivity index (χ4n) is 1.04. The number of carbonyl (C=O) groups excluding carboxylic acids is 1. The van der Waals surface area contributed by atoms with Crippen LogP contribution < -0.4 is 0 Å². The van der Waals surface area contributed by atoms with Crippen molar-refractivity contribution in [3.63, 3.8) is 0 Å². The van der Waals surface area contributed by atoms with Gasteiger partial charge in [0.2, 0.25) is 0 Å². The number of carbonyl (C=O) groups is 1. The Morgan fingerprint density at radius 1 is 1.31 bits per heavy atom. The molecule has 0 fully saturated rings. The summed E-state index contributed by atoms with van der Waals surface area (Å²) in [6.07, 6.45) is 4.94. The van der Waals surface area contributed by atoms with Gasteiger partial charge in [-0.05, 0) is 19.8 Å². The van der Waals surface area contributed by atoms with Crippen LogP contribution in [0.25, 0.3) is 0 Å². The molecule has 0 heterocycles. The van der Waals surface area contributed by atoms with Crippen LogP contribution in [-0.2, 0) is 9.53 Å². The van der Waals surface area contributed by atoms with Crippen molar-refractivity contribution in [2.24, 2.45) is 0 Å². The third-order valence-electron chi connectivity index (χ3n) is 1.80. The summed E-state index contributed by atoms with van der Waals surface area (Å²) < 4.78 is 4.62. The largest absolute Gasteiger partial charge is 0.466 e. The molecule has 0 bridgehead atoms. The van der Waals surface area contributed by atoms with Crippen LogP contribution in [0.3, 0.4) is 0 Å². The lowest BCUT2D eigenvalue weighted by atomic mass is 10.0. The van der Waals surface area contributed by atoms with E-state index in [-0.39, 0.29) is 5.97 Å². The zero-order valence-electron chi connectivity index (χ0n) is 8.30. The molecule has 0 N–H and O–H groups in total. The first-order valence-electron chi connectivity index (χ1n) is 4.16. The number of allylic oxidation sites excluding steroid dienone is 3. The van der Waals surface area contributed by atoms with Gasteiger partial charge in [0.15, 0.2) is 0 Å². The Bertz CT molecular complexity index is 224. The van der Waals surface area contributed by atoms with Crippen molar-refractivity contribution in [3.8, 4) is 0 Å². The molecule has 0 aliphatic rings. The molecule has 2 nitrogen and oxygen atoms in total. The van der Waals surface area contributed by atoms with Gasteiger partial charge in [0.05, 0.1) is 7.11 Å². The van der Waals surface area contributed by atoms with Gasteiger partial charge in [0.1, 0.15) is 0 Å². The highest BCUT2D eigenvalue weighted by molar-refractivity contribution is 5.88. The van der Waals surface area contributed by atoms with Crippen LogP contribution in [0.4, 0.5) is 0 Å². The Hall–Kier alpha value is -1.31. The van der Waals surface area contributed by atoms with Crippen molar-refractivity contribution < 1.29 is 9.53 Å². The Morgan fingerprint density at radius 2 is 1.77 bits per heavy atom. The van der Waals surface area contributed by atoms with E-state index >= 15 is 0 Å². The second-order valence-corrected chi connectivity index (χ2v) is 2.71. The minimum atomic E-state index is -0.279. The number of hydrogen-bond donors (Lipinski definition) is 0. The highest BCUT2D eigenvalue weighted by atomic mass is 16.5. The maximum atomic E-state index is 11.2. The van der Waals surface area contributed by atoms with Crippen LogP contribution in [0.1, 0.15) is 19.8 Å². The molecule has 0 amide bonds. The lowest BCUT2D eigenvalue weighted by molar-refractivity contribution is -0.136. The Balaban J connectivity index is 4.71. The number of rotatable bonds is 5. The highest BCUT2D eigenvalue weighted by Gasteiger charge is 2.08. The Kier molecular flexibility index (Phi) is 5.60. The zero-order valence-corrected chi connectivity index (χ0v) is 8.30.